The molecule has 0 saturated heterocycles. The zero-order valence-corrected chi connectivity index (χ0v) is 9.19. The number of benzene rings is 1. The number of aliphatic imine (C=N–C) groups is 1. The quantitative estimate of drug-likeness (QED) is 0.631. The third kappa shape index (κ3) is 2.41. The van der Waals surface area contributed by atoms with Gasteiger partial charge in [0, 0.05) is 11.8 Å². The second-order valence-electron chi connectivity index (χ2n) is 3.59. The molecule has 0 atom stereocenters. The van der Waals surface area contributed by atoms with Gasteiger partial charge in [-0.05, 0) is 38.3 Å². The SMILES string of the molecule is CCC(C)=Nc1cc(F)c(C)cc1C. The number of nitrogens with zero attached hydrogens (tertiary/aromatic N) is 1. The van der Waals surface area contributed by atoms with Crippen LogP contribution in [-0.4, -0.2) is 5.71 Å². The van der Waals surface area contributed by atoms with Gasteiger partial charge in [0.05, 0.1) is 5.69 Å². The molecule has 0 heterocycles. The van der Waals surface area contributed by atoms with Crippen LogP contribution < -0.4 is 0 Å². The molecule has 0 saturated carbocycles. The molecule has 0 aliphatic heterocycles. The van der Waals surface area contributed by atoms with E-state index in [1.807, 2.05) is 26.8 Å². The molecular weight excluding hydrogens is 177 g/mol. The summed E-state index contributed by atoms with van der Waals surface area (Å²) in [5.41, 5.74) is 3.47. The van der Waals surface area contributed by atoms with Gasteiger partial charge in [-0.25, -0.2) is 4.39 Å². The van der Waals surface area contributed by atoms with Gasteiger partial charge in [0.1, 0.15) is 5.82 Å². The molecule has 0 aliphatic rings. The Labute approximate surface area is 84.7 Å². The number of hydrogen-bond acceptors (Lipinski definition) is 1. The minimum absolute atomic E-state index is 0.182. The lowest BCUT2D eigenvalue weighted by atomic mass is 10.1. The number of halogens is 1. The summed E-state index contributed by atoms with van der Waals surface area (Å²) in [7, 11) is 0. The molecular formula is C12H16FN. The maximum absolute atomic E-state index is 13.2. The van der Waals surface area contributed by atoms with E-state index in [-0.39, 0.29) is 5.82 Å². The Morgan fingerprint density at radius 2 is 1.93 bits per heavy atom. The molecule has 14 heavy (non-hydrogen) atoms. The van der Waals surface area contributed by atoms with Crippen molar-refractivity contribution < 1.29 is 4.39 Å². The zero-order chi connectivity index (χ0) is 10.7. The monoisotopic (exact) mass is 193 g/mol. The maximum Gasteiger partial charge on any atom is 0.128 e. The molecule has 76 valence electrons. The Balaban J connectivity index is 3.16. The van der Waals surface area contributed by atoms with Gasteiger partial charge in [0.2, 0.25) is 0 Å². The van der Waals surface area contributed by atoms with E-state index in [0.717, 1.165) is 23.4 Å². The van der Waals surface area contributed by atoms with Crippen molar-refractivity contribution >= 4 is 11.4 Å². The highest BCUT2D eigenvalue weighted by molar-refractivity contribution is 5.84. The fourth-order valence-corrected chi connectivity index (χ4v) is 1.22. The molecule has 0 bridgehead atoms. The van der Waals surface area contributed by atoms with Crippen molar-refractivity contribution in [3.8, 4) is 0 Å². The van der Waals surface area contributed by atoms with E-state index in [1.165, 1.54) is 6.07 Å². The minimum Gasteiger partial charge on any atom is -0.258 e. The Morgan fingerprint density at radius 3 is 2.50 bits per heavy atom. The highest BCUT2D eigenvalue weighted by Crippen LogP contribution is 2.22. The third-order valence-electron chi connectivity index (χ3n) is 2.30. The Morgan fingerprint density at radius 1 is 1.29 bits per heavy atom. The lowest BCUT2D eigenvalue weighted by Crippen LogP contribution is -1.89. The average molecular weight is 193 g/mol. The van der Waals surface area contributed by atoms with E-state index in [0.29, 0.717) is 5.56 Å². The van der Waals surface area contributed by atoms with Crippen molar-refractivity contribution in [3.63, 3.8) is 0 Å². The van der Waals surface area contributed by atoms with Gasteiger partial charge < -0.3 is 0 Å². The molecule has 0 spiro atoms. The van der Waals surface area contributed by atoms with Crippen molar-refractivity contribution in [1.82, 2.24) is 0 Å². The smallest absolute Gasteiger partial charge is 0.128 e. The fourth-order valence-electron chi connectivity index (χ4n) is 1.22. The van der Waals surface area contributed by atoms with Crippen LogP contribution in [-0.2, 0) is 0 Å². The predicted molar refractivity (Wildman–Crippen MR) is 58.9 cm³/mol. The third-order valence-corrected chi connectivity index (χ3v) is 2.30. The van der Waals surface area contributed by atoms with Crippen LogP contribution in [0.5, 0.6) is 0 Å². The largest absolute Gasteiger partial charge is 0.258 e. The first-order valence-electron chi connectivity index (χ1n) is 4.85. The molecule has 1 rings (SSSR count). The van der Waals surface area contributed by atoms with Crippen LogP contribution in [0.1, 0.15) is 31.4 Å². The topological polar surface area (TPSA) is 12.4 Å². The average Bonchev–Trinajstić information content (AvgIpc) is 2.14. The van der Waals surface area contributed by atoms with Crippen LogP contribution in [0.15, 0.2) is 17.1 Å². The standard InChI is InChI=1S/C12H16FN/c1-5-10(4)14-12-7-11(13)8(2)6-9(12)3/h6-7H,5H2,1-4H3. The summed E-state index contributed by atoms with van der Waals surface area (Å²) in [6.07, 6.45) is 0.898. The van der Waals surface area contributed by atoms with E-state index in [1.54, 1.807) is 6.92 Å². The molecule has 0 radical (unpaired) electrons. The summed E-state index contributed by atoms with van der Waals surface area (Å²) in [5.74, 6) is -0.182. The summed E-state index contributed by atoms with van der Waals surface area (Å²) in [5, 5.41) is 0. The molecule has 1 aromatic carbocycles. The van der Waals surface area contributed by atoms with Gasteiger partial charge in [-0.1, -0.05) is 13.0 Å². The van der Waals surface area contributed by atoms with Crippen molar-refractivity contribution in [2.75, 3.05) is 0 Å². The van der Waals surface area contributed by atoms with Gasteiger partial charge >= 0.3 is 0 Å². The van der Waals surface area contributed by atoms with Gasteiger partial charge in [-0.3, -0.25) is 4.99 Å². The molecule has 2 heteroatoms. The molecule has 1 aromatic rings. The molecule has 0 aliphatic carbocycles. The molecule has 1 nitrogen and oxygen atoms in total. The summed E-state index contributed by atoms with van der Waals surface area (Å²) >= 11 is 0. The van der Waals surface area contributed by atoms with Gasteiger partial charge in [0.25, 0.3) is 0 Å². The molecule has 0 N–H and O–H groups in total. The Hall–Kier alpha value is -1.18. The van der Waals surface area contributed by atoms with Crippen LogP contribution in [0.2, 0.25) is 0 Å². The maximum atomic E-state index is 13.2. The second-order valence-corrected chi connectivity index (χ2v) is 3.59. The van der Waals surface area contributed by atoms with E-state index in [9.17, 15) is 4.39 Å². The summed E-state index contributed by atoms with van der Waals surface area (Å²) < 4.78 is 13.2. The lowest BCUT2D eigenvalue weighted by Gasteiger charge is -2.04. The van der Waals surface area contributed by atoms with E-state index in [4.69, 9.17) is 0 Å². The van der Waals surface area contributed by atoms with E-state index in [2.05, 4.69) is 4.99 Å². The van der Waals surface area contributed by atoms with Gasteiger partial charge in [-0.15, -0.1) is 0 Å². The first kappa shape index (κ1) is 10.9. The van der Waals surface area contributed by atoms with E-state index >= 15 is 0 Å². The van der Waals surface area contributed by atoms with Crippen molar-refractivity contribution in [2.24, 2.45) is 4.99 Å². The van der Waals surface area contributed by atoms with Crippen molar-refractivity contribution in [3.05, 3.63) is 29.1 Å². The Kier molecular flexibility index (Phi) is 3.39. The summed E-state index contributed by atoms with van der Waals surface area (Å²) in [4.78, 5) is 4.36. The van der Waals surface area contributed by atoms with Gasteiger partial charge in [0.15, 0.2) is 0 Å². The fraction of sp³-hybridized carbons (Fsp3) is 0.417. The lowest BCUT2D eigenvalue weighted by molar-refractivity contribution is 0.618. The van der Waals surface area contributed by atoms with Crippen LogP contribution in [0.3, 0.4) is 0 Å². The van der Waals surface area contributed by atoms with Crippen molar-refractivity contribution in [1.29, 1.82) is 0 Å². The van der Waals surface area contributed by atoms with Gasteiger partial charge in [-0.2, -0.15) is 0 Å². The molecule has 0 aromatic heterocycles. The number of hydrogen-bond donors (Lipinski definition) is 0. The zero-order valence-electron chi connectivity index (χ0n) is 9.19. The highest BCUT2D eigenvalue weighted by atomic mass is 19.1. The molecule has 0 amide bonds. The molecule has 0 unspecified atom stereocenters. The number of rotatable bonds is 2. The Bertz CT molecular complexity index is 367. The van der Waals surface area contributed by atoms with Crippen LogP contribution in [0, 0.1) is 19.7 Å². The summed E-state index contributed by atoms with van der Waals surface area (Å²) in [6.45, 7) is 7.71. The number of aryl methyl sites for hydroxylation is 2. The van der Waals surface area contributed by atoms with Crippen LogP contribution in [0.25, 0.3) is 0 Å². The summed E-state index contributed by atoms with van der Waals surface area (Å²) in [6, 6.07) is 3.33. The van der Waals surface area contributed by atoms with E-state index < -0.39 is 0 Å². The first-order valence-corrected chi connectivity index (χ1v) is 4.85. The van der Waals surface area contributed by atoms with Crippen LogP contribution in [0.4, 0.5) is 10.1 Å². The minimum atomic E-state index is -0.182. The molecule has 0 fully saturated rings. The van der Waals surface area contributed by atoms with Crippen LogP contribution >= 0.6 is 0 Å². The highest BCUT2D eigenvalue weighted by Gasteiger charge is 2.03. The normalized spacial score (nSPS) is 11.9. The predicted octanol–water partition coefficient (Wildman–Crippen LogP) is 3.94. The second kappa shape index (κ2) is 4.36. The first-order chi connectivity index (χ1) is 6.54. The van der Waals surface area contributed by atoms with Crippen molar-refractivity contribution in [2.45, 2.75) is 34.1 Å².